The van der Waals surface area contributed by atoms with Crippen LogP contribution in [-0.2, 0) is 35.3 Å². The highest BCUT2D eigenvalue weighted by Gasteiger charge is 2.48. The van der Waals surface area contributed by atoms with Crippen molar-refractivity contribution in [3.63, 3.8) is 0 Å². The number of hydrogen-bond acceptors (Lipinski definition) is 6. The van der Waals surface area contributed by atoms with Gasteiger partial charge in [-0.05, 0) is 12.0 Å². The Morgan fingerprint density at radius 2 is 1.23 bits per heavy atom. The van der Waals surface area contributed by atoms with Crippen molar-refractivity contribution >= 4 is 35.4 Å². The van der Waals surface area contributed by atoms with Gasteiger partial charge in [-0.25, -0.2) is 0 Å². The van der Waals surface area contributed by atoms with E-state index in [4.69, 9.17) is 0 Å². The molecule has 0 saturated carbocycles. The molecular weight excluding hydrogens is 552 g/mol. The zero-order valence-corrected chi connectivity index (χ0v) is 24.9. The van der Waals surface area contributed by atoms with E-state index in [9.17, 15) is 28.8 Å². The summed E-state index contributed by atoms with van der Waals surface area (Å²) in [6.45, 7) is 9.07. The molecule has 0 unspecified atom stereocenters. The van der Waals surface area contributed by atoms with E-state index in [0.717, 1.165) is 41.0 Å². The number of unbranched alkanes of at least 4 members (excludes halogenated alkanes) is 3. The Bertz CT molecular complexity index is 1140. The molecule has 2 rings (SSSR count). The van der Waals surface area contributed by atoms with Crippen LogP contribution in [0, 0.1) is 0 Å². The van der Waals surface area contributed by atoms with E-state index in [1.807, 2.05) is 30.3 Å². The van der Waals surface area contributed by atoms with Crippen molar-refractivity contribution in [1.29, 1.82) is 0 Å². The second-order valence-electron chi connectivity index (χ2n) is 10.2. The minimum Gasteiger partial charge on any atom is -0.355 e. The van der Waals surface area contributed by atoms with Crippen LogP contribution in [0.15, 0.2) is 55.6 Å². The van der Waals surface area contributed by atoms with Crippen molar-refractivity contribution in [2.24, 2.45) is 0 Å². The molecule has 1 aliphatic heterocycles. The van der Waals surface area contributed by atoms with E-state index in [2.05, 4.69) is 41.3 Å². The monoisotopic (exact) mass is 596 g/mol. The Balaban J connectivity index is 2.31. The third kappa shape index (κ3) is 11.7. The Labute approximate surface area is 253 Å². The minimum atomic E-state index is -1.36. The summed E-state index contributed by atoms with van der Waals surface area (Å²) in [5, 5.41) is 10.7. The first kappa shape index (κ1) is 34.7. The molecule has 4 N–H and O–H groups in total. The standard InChI is InChI=1S/C31H44N6O6/c1-4-7-8-12-17-34-28(40)21-36-24(18-26(38)32-15-5-2)31(43)37(25(30(36)42)19-27(39)33-16-6-3)22-29(41)35-20-23-13-10-9-11-14-23/h5-6,9-11,13-14,24-25H,2-4,7-8,12,15-22H2,1H3,(H,32,38)(H,33,39)(H,34,40)(H,35,41)/t24-,25-/m0/s1. The molecule has 1 saturated heterocycles. The van der Waals surface area contributed by atoms with E-state index in [0.29, 0.717) is 6.54 Å². The Morgan fingerprint density at radius 1 is 0.721 bits per heavy atom. The van der Waals surface area contributed by atoms with Gasteiger partial charge in [0.25, 0.3) is 0 Å². The van der Waals surface area contributed by atoms with Crippen LogP contribution in [0.1, 0.15) is 51.0 Å². The van der Waals surface area contributed by atoms with Crippen LogP contribution in [0.2, 0.25) is 0 Å². The second kappa shape index (κ2) is 18.9. The summed E-state index contributed by atoms with van der Waals surface area (Å²) in [4.78, 5) is 81.0. The molecule has 0 aliphatic carbocycles. The third-order valence-electron chi connectivity index (χ3n) is 6.85. The molecule has 1 aromatic rings. The Morgan fingerprint density at radius 3 is 1.72 bits per heavy atom. The van der Waals surface area contributed by atoms with Gasteiger partial charge in [0.1, 0.15) is 25.2 Å². The molecule has 12 nitrogen and oxygen atoms in total. The molecule has 0 spiro atoms. The topological polar surface area (TPSA) is 157 Å². The Hall–Kier alpha value is -4.48. The summed E-state index contributed by atoms with van der Waals surface area (Å²) in [7, 11) is 0. The molecule has 1 fully saturated rings. The number of nitrogens with zero attached hydrogens (tertiary/aromatic N) is 2. The number of amides is 6. The zero-order valence-electron chi connectivity index (χ0n) is 24.9. The first-order valence-electron chi connectivity index (χ1n) is 14.6. The van der Waals surface area contributed by atoms with Crippen LogP contribution in [0.5, 0.6) is 0 Å². The van der Waals surface area contributed by atoms with Crippen LogP contribution in [0.25, 0.3) is 0 Å². The third-order valence-corrected chi connectivity index (χ3v) is 6.85. The summed E-state index contributed by atoms with van der Waals surface area (Å²) in [6, 6.07) is 6.44. The van der Waals surface area contributed by atoms with E-state index >= 15 is 0 Å². The highest BCUT2D eigenvalue weighted by atomic mass is 16.2. The number of hydrogen-bond donors (Lipinski definition) is 4. The number of nitrogens with one attached hydrogen (secondary N) is 4. The molecule has 1 aromatic carbocycles. The van der Waals surface area contributed by atoms with Gasteiger partial charge < -0.3 is 31.1 Å². The van der Waals surface area contributed by atoms with Gasteiger partial charge in [-0.1, -0.05) is 68.7 Å². The second-order valence-corrected chi connectivity index (χ2v) is 10.2. The summed E-state index contributed by atoms with van der Waals surface area (Å²) >= 11 is 0. The van der Waals surface area contributed by atoms with Crippen LogP contribution < -0.4 is 21.3 Å². The fourth-order valence-electron chi connectivity index (χ4n) is 4.59. The van der Waals surface area contributed by atoms with Gasteiger partial charge in [0, 0.05) is 26.2 Å². The number of piperazine rings is 1. The maximum absolute atomic E-state index is 13.9. The van der Waals surface area contributed by atoms with Gasteiger partial charge in [-0.3, -0.25) is 28.8 Å². The Kier molecular flexibility index (Phi) is 15.2. The van der Waals surface area contributed by atoms with Gasteiger partial charge in [0.05, 0.1) is 12.8 Å². The van der Waals surface area contributed by atoms with Crippen LogP contribution in [0.4, 0.5) is 0 Å². The summed E-state index contributed by atoms with van der Waals surface area (Å²) < 4.78 is 0. The first-order valence-corrected chi connectivity index (χ1v) is 14.6. The number of rotatable bonds is 19. The normalized spacial score (nSPS) is 16.3. The fraction of sp³-hybridized carbons (Fsp3) is 0.484. The summed E-state index contributed by atoms with van der Waals surface area (Å²) in [5.41, 5.74) is 0.834. The van der Waals surface area contributed by atoms with Gasteiger partial charge >= 0.3 is 0 Å². The van der Waals surface area contributed by atoms with Gasteiger partial charge in [-0.15, -0.1) is 13.2 Å². The van der Waals surface area contributed by atoms with Crippen molar-refractivity contribution in [3.05, 3.63) is 61.2 Å². The minimum absolute atomic E-state index is 0.140. The molecule has 0 bridgehead atoms. The summed E-state index contributed by atoms with van der Waals surface area (Å²) in [6.07, 6.45) is 5.84. The predicted molar refractivity (Wildman–Crippen MR) is 162 cm³/mol. The average Bonchev–Trinajstić information content (AvgIpc) is 3.00. The van der Waals surface area contributed by atoms with Crippen molar-refractivity contribution in [2.45, 2.75) is 64.1 Å². The van der Waals surface area contributed by atoms with Crippen molar-refractivity contribution in [2.75, 3.05) is 32.7 Å². The number of carbonyl (C=O) groups excluding carboxylic acids is 6. The molecule has 43 heavy (non-hydrogen) atoms. The lowest BCUT2D eigenvalue weighted by molar-refractivity contribution is -0.166. The molecule has 6 amide bonds. The molecule has 1 heterocycles. The van der Waals surface area contributed by atoms with Crippen molar-refractivity contribution < 1.29 is 28.8 Å². The van der Waals surface area contributed by atoms with Gasteiger partial charge in [0.15, 0.2) is 0 Å². The highest BCUT2D eigenvalue weighted by molar-refractivity contribution is 6.03. The molecular formula is C31H44N6O6. The van der Waals surface area contributed by atoms with Crippen LogP contribution >= 0.6 is 0 Å². The smallest absolute Gasteiger partial charge is 0.247 e. The fourth-order valence-corrected chi connectivity index (χ4v) is 4.59. The van der Waals surface area contributed by atoms with Crippen LogP contribution in [0.3, 0.4) is 0 Å². The van der Waals surface area contributed by atoms with Gasteiger partial charge in [-0.2, -0.15) is 0 Å². The van der Waals surface area contributed by atoms with Gasteiger partial charge in [0.2, 0.25) is 35.4 Å². The number of carbonyl (C=O) groups is 6. The highest BCUT2D eigenvalue weighted by Crippen LogP contribution is 2.23. The molecule has 12 heteroatoms. The van der Waals surface area contributed by atoms with E-state index in [1.54, 1.807) is 0 Å². The van der Waals surface area contributed by atoms with E-state index < -0.39 is 73.5 Å². The van der Waals surface area contributed by atoms with Crippen molar-refractivity contribution in [1.82, 2.24) is 31.1 Å². The molecule has 0 radical (unpaired) electrons. The first-order chi connectivity index (χ1) is 20.7. The quantitative estimate of drug-likeness (QED) is 0.137. The lowest BCUT2D eigenvalue weighted by Gasteiger charge is -2.44. The van der Waals surface area contributed by atoms with E-state index in [1.165, 1.54) is 12.2 Å². The predicted octanol–water partition coefficient (Wildman–Crippen LogP) is 0.792. The summed E-state index contributed by atoms with van der Waals surface area (Å²) in [5.74, 6) is -3.52. The van der Waals surface area contributed by atoms with E-state index in [-0.39, 0.29) is 19.6 Å². The molecule has 2 atom stereocenters. The van der Waals surface area contributed by atoms with Crippen LogP contribution in [-0.4, -0.2) is 90.1 Å². The number of benzene rings is 1. The largest absolute Gasteiger partial charge is 0.355 e. The molecule has 0 aromatic heterocycles. The lowest BCUT2D eigenvalue weighted by atomic mass is 9.98. The average molecular weight is 597 g/mol. The maximum Gasteiger partial charge on any atom is 0.247 e. The van der Waals surface area contributed by atoms with Crippen molar-refractivity contribution in [3.8, 4) is 0 Å². The lowest BCUT2D eigenvalue weighted by Crippen LogP contribution is -2.68. The molecule has 1 aliphatic rings. The zero-order chi connectivity index (χ0) is 31.6. The molecule has 234 valence electrons. The SMILES string of the molecule is C=CCNC(=O)C[C@H]1C(=O)N(CC(=O)NCc2ccccc2)[C@@H](CC(=O)NCC=C)C(=O)N1CC(=O)NCCCCCC. The maximum atomic E-state index is 13.9.